The number of carbonyl (C=O) groups is 1. The fraction of sp³-hybridized carbons (Fsp3) is 0.923. The van der Waals surface area contributed by atoms with Crippen LogP contribution in [0.25, 0.3) is 0 Å². The molecule has 0 N–H and O–H groups in total. The number of methoxy groups -OCH3 is 1. The molecule has 1 saturated heterocycles. The van der Waals surface area contributed by atoms with Crippen LogP contribution in [0.5, 0.6) is 0 Å². The Labute approximate surface area is 99.1 Å². The summed E-state index contributed by atoms with van der Waals surface area (Å²) in [4.78, 5) is 14.1. The number of nitrogens with zero attached hydrogens (tertiary/aromatic N) is 1. The van der Waals surface area contributed by atoms with Crippen LogP contribution in [0.4, 0.5) is 0 Å². The molecule has 94 valence electrons. The summed E-state index contributed by atoms with van der Waals surface area (Å²) in [5.74, 6) is 0.690. The monoisotopic (exact) mass is 227 g/mol. The van der Waals surface area contributed by atoms with Crippen LogP contribution in [0.2, 0.25) is 0 Å². The van der Waals surface area contributed by atoms with Gasteiger partial charge < -0.3 is 4.74 Å². The van der Waals surface area contributed by atoms with Gasteiger partial charge in [0.05, 0.1) is 13.0 Å². The minimum Gasteiger partial charge on any atom is -0.469 e. The van der Waals surface area contributed by atoms with Crippen molar-refractivity contribution in [2.45, 2.75) is 46.1 Å². The first kappa shape index (κ1) is 13.5. The number of rotatable bonds is 4. The molecule has 1 atom stereocenters. The summed E-state index contributed by atoms with van der Waals surface area (Å²) in [6, 6.07) is 0. The molecular weight excluding hydrogens is 202 g/mol. The van der Waals surface area contributed by atoms with E-state index in [1.165, 1.54) is 13.5 Å². The Morgan fingerprint density at radius 3 is 2.62 bits per heavy atom. The van der Waals surface area contributed by atoms with Crippen molar-refractivity contribution in [3.05, 3.63) is 0 Å². The van der Waals surface area contributed by atoms with Gasteiger partial charge in [-0.1, -0.05) is 13.8 Å². The molecule has 0 amide bonds. The number of likely N-dealkylation sites (tertiary alicyclic amines) is 1. The third kappa shape index (κ3) is 2.76. The van der Waals surface area contributed by atoms with E-state index in [2.05, 4.69) is 32.6 Å². The van der Waals surface area contributed by atoms with E-state index in [1.54, 1.807) is 0 Å². The summed E-state index contributed by atoms with van der Waals surface area (Å²) in [6.45, 7) is 10.9. The summed E-state index contributed by atoms with van der Waals surface area (Å²) in [5.41, 5.74) is -0.0536. The van der Waals surface area contributed by atoms with Crippen LogP contribution in [0.15, 0.2) is 0 Å². The highest BCUT2D eigenvalue weighted by Crippen LogP contribution is 2.35. The van der Waals surface area contributed by atoms with Crippen molar-refractivity contribution in [2.75, 3.05) is 20.2 Å². The highest BCUT2D eigenvalue weighted by atomic mass is 16.5. The molecule has 0 aromatic carbocycles. The minimum absolute atomic E-state index is 0.0321. The predicted octanol–water partition coefficient (Wildman–Crippen LogP) is 2.31. The maximum Gasteiger partial charge on any atom is 0.310 e. The normalized spacial score (nSPS) is 25.0. The molecule has 0 bridgehead atoms. The van der Waals surface area contributed by atoms with Crippen LogP contribution in [-0.4, -0.2) is 36.6 Å². The largest absolute Gasteiger partial charge is 0.469 e. The fourth-order valence-electron chi connectivity index (χ4n) is 2.51. The van der Waals surface area contributed by atoms with Gasteiger partial charge in [0.25, 0.3) is 0 Å². The van der Waals surface area contributed by atoms with E-state index in [1.807, 2.05) is 0 Å². The van der Waals surface area contributed by atoms with Crippen LogP contribution in [0.1, 0.15) is 40.5 Å². The van der Waals surface area contributed by atoms with Gasteiger partial charge in [0.2, 0.25) is 0 Å². The van der Waals surface area contributed by atoms with Crippen LogP contribution in [-0.2, 0) is 9.53 Å². The zero-order valence-electron chi connectivity index (χ0n) is 11.2. The smallest absolute Gasteiger partial charge is 0.310 e. The molecule has 1 aliphatic heterocycles. The SMILES string of the molecule is COC(=O)C1CCN(CCC(C)C)C1(C)C. The Kier molecular flexibility index (Phi) is 4.36. The lowest BCUT2D eigenvalue weighted by molar-refractivity contribution is -0.148. The van der Waals surface area contributed by atoms with E-state index >= 15 is 0 Å². The van der Waals surface area contributed by atoms with Gasteiger partial charge in [0.15, 0.2) is 0 Å². The first-order chi connectivity index (χ1) is 7.39. The Bertz CT molecular complexity index is 248. The van der Waals surface area contributed by atoms with Crippen LogP contribution < -0.4 is 0 Å². The lowest BCUT2D eigenvalue weighted by Gasteiger charge is -2.35. The lowest BCUT2D eigenvalue weighted by Crippen LogP contribution is -2.45. The van der Waals surface area contributed by atoms with E-state index < -0.39 is 0 Å². The number of carbonyl (C=O) groups excluding carboxylic acids is 1. The van der Waals surface area contributed by atoms with Gasteiger partial charge in [-0.25, -0.2) is 0 Å². The molecule has 0 radical (unpaired) electrons. The number of hydrogen-bond acceptors (Lipinski definition) is 3. The van der Waals surface area contributed by atoms with Gasteiger partial charge >= 0.3 is 5.97 Å². The summed E-state index contributed by atoms with van der Waals surface area (Å²) >= 11 is 0. The first-order valence-electron chi connectivity index (χ1n) is 6.22. The summed E-state index contributed by atoms with van der Waals surface area (Å²) in [7, 11) is 1.48. The average Bonchev–Trinajstić information content (AvgIpc) is 2.49. The van der Waals surface area contributed by atoms with Crippen LogP contribution in [0, 0.1) is 11.8 Å². The molecule has 0 aliphatic carbocycles. The summed E-state index contributed by atoms with van der Waals surface area (Å²) < 4.78 is 4.88. The van der Waals surface area contributed by atoms with Crippen molar-refractivity contribution < 1.29 is 9.53 Å². The number of esters is 1. The Hall–Kier alpha value is -0.570. The quantitative estimate of drug-likeness (QED) is 0.690. The molecule has 0 aromatic heterocycles. The van der Waals surface area contributed by atoms with Gasteiger partial charge in [-0.05, 0) is 45.7 Å². The Morgan fingerprint density at radius 2 is 2.12 bits per heavy atom. The zero-order valence-corrected chi connectivity index (χ0v) is 11.2. The third-order valence-electron chi connectivity index (χ3n) is 3.82. The highest BCUT2D eigenvalue weighted by Gasteiger charge is 2.45. The zero-order chi connectivity index (χ0) is 12.3. The Balaban J connectivity index is 2.60. The Morgan fingerprint density at radius 1 is 1.50 bits per heavy atom. The molecule has 0 saturated carbocycles. The van der Waals surface area contributed by atoms with Gasteiger partial charge in [-0.2, -0.15) is 0 Å². The van der Waals surface area contributed by atoms with Crippen LogP contribution in [0.3, 0.4) is 0 Å². The molecule has 1 rings (SSSR count). The topological polar surface area (TPSA) is 29.5 Å². The molecule has 1 aliphatic rings. The second-order valence-electron chi connectivity index (χ2n) is 5.69. The fourth-order valence-corrected chi connectivity index (χ4v) is 2.51. The molecular formula is C13H25NO2. The van der Waals surface area contributed by atoms with E-state index in [4.69, 9.17) is 4.74 Å². The molecule has 0 aromatic rings. The van der Waals surface area contributed by atoms with E-state index in [0.717, 1.165) is 19.5 Å². The molecule has 1 fully saturated rings. The molecule has 1 heterocycles. The second-order valence-corrected chi connectivity index (χ2v) is 5.69. The predicted molar refractivity (Wildman–Crippen MR) is 65.2 cm³/mol. The van der Waals surface area contributed by atoms with Crippen molar-refractivity contribution in [3.63, 3.8) is 0 Å². The van der Waals surface area contributed by atoms with Gasteiger partial charge in [-0.15, -0.1) is 0 Å². The maximum atomic E-state index is 11.7. The molecule has 16 heavy (non-hydrogen) atoms. The highest BCUT2D eigenvalue weighted by molar-refractivity contribution is 5.74. The molecule has 0 spiro atoms. The second kappa shape index (κ2) is 5.17. The van der Waals surface area contributed by atoms with Crippen molar-refractivity contribution in [1.82, 2.24) is 4.90 Å². The van der Waals surface area contributed by atoms with Gasteiger partial charge in [-0.3, -0.25) is 9.69 Å². The summed E-state index contributed by atoms with van der Waals surface area (Å²) in [5, 5.41) is 0. The standard InChI is InChI=1S/C13H25NO2/c1-10(2)6-8-14-9-7-11(12(15)16-5)13(14,3)4/h10-11H,6-9H2,1-5H3. The van der Waals surface area contributed by atoms with Crippen molar-refractivity contribution in [1.29, 1.82) is 0 Å². The minimum atomic E-state index is -0.0583. The average molecular weight is 227 g/mol. The van der Waals surface area contributed by atoms with E-state index in [9.17, 15) is 4.79 Å². The number of hydrogen-bond donors (Lipinski definition) is 0. The molecule has 1 unspecified atom stereocenters. The van der Waals surface area contributed by atoms with Gasteiger partial charge in [0, 0.05) is 5.54 Å². The van der Waals surface area contributed by atoms with Crippen molar-refractivity contribution >= 4 is 5.97 Å². The van der Waals surface area contributed by atoms with E-state index in [0.29, 0.717) is 5.92 Å². The van der Waals surface area contributed by atoms with E-state index in [-0.39, 0.29) is 17.4 Å². The van der Waals surface area contributed by atoms with Crippen molar-refractivity contribution in [2.24, 2.45) is 11.8 Å². The third-order valence-corrected chi connectivity index (χ3v) is 3.82. The molecule has 3 heteroatoms. The van der Waals surface area contributed by atoms with Gasteiger partial charge in [0.1, 0.15) is 0 Å². The van der Waals surface area contributed by atoms with Crippen LogP contribution >= 0.6 is 0 Å². The van der Waals surface area contributed by atoms with Crippen molar-refractivity contribution in [3.8, 4) is 0 Å². The maximum absolute atomic E-state index is 11.7. The molecule has 3 nitrogen and oxygen atoms in total. The number of ether oxygens (including phenoxy) is 1. The first-order valence-corrected chi connectivity index (χ1v) is 6.22. The lowest BCUT2D eigenvalue weighted by atomic mass is 9.88. The summed E-state index contributed by atoms with van der Waals surface area (Å²) in [6.07, 6.45) is 2.12.